The average molecular weight is 401 g/mol. The molecule has 1 aliphatic rings. The summed E-state index contributed by atoms with van der Waals surface area (Å²) in [6, 6.07) is 19.6. The smallest absolute Gasteiger partial charge is 0.260 e. The van der Waals surface area contributed by atoms with E-state index in [0.717, 1.165) is 11.1 Å². The van der Waals surface area contributed by atoms with Crippen molar-refractivity contribution in [3.63, 3.8) is 0 Å². The number of carbonyl (C=O) groups excluding carboxylic acids is 2. The molecule has 1 heterocycles. The Morgan fingerprint density at radius 2 is 1.37 bits per heavy atom. The molecule has 142 valence electrons. The number of rotatable bonds is 6. The minimum Gasteiger partial charge on any atom is -0.330 e. The minimum absolute atomic E-state index is 0.0660. The molecule has 0 aliphatic carbocycles. The fourth-order valence-electron chi connectivity index (χ4n) is 3.51. The number of thioether (sulfide) groups is 2. The average Bonchev–Trinajstić information content (AvgIpc) is 2.71. The number of amides is 2. The molecule has 2 atom stereocenters. The summed E-state index contributed by atoms with van der Waals surface area (Å²) >= 11 is 2.80. The summed E-state index contributed by atoms with van der Waals surface area (Å²) in [5, 5.41) is 3.08. The molecule has 0 aromatic heterocycles. The number of nitrogens with one attached hydrogen (secondary N) is 1. The van der Waals surface area contributed by atoms with Gasteiger partial charge in [0.25, 0.3) is 11.8 Å². The van der Waals surface area contributed by atoms with Crippen molar-refractivity contribution in [1.29, 1.82) is 0 Å². The van der Waals surface area contributed by atoms with Gasteiger partial charge in [-0.2, -0.15) is 0 Å². The van der Waals surface area contributed by atoms with Crippen LogP contribution >= 0.6 is 23.5 Å². The summed E-state index contributed by atoms with van der Waals surface area (Å²) in [6.07, 6.45) is 4.69. The molecule has 3 rings (SSSR count). The van der Waals surface area contributed by atoms with Crippen molar-refractivity contribution in [1.82, 2.24) is 10.2 Å². The van der Waals surface area contributed by atoms with E-state index in [2.05, 4.69) is 5.32 Å². The van der Waals surface area contributed by atoms with E-state index in [1.165, 1.54) is 23.5 Å². The van der Waals surface area contributed by atoms with Crippen LogP contribution < -0.4 is 5.32 Å². The van der Waals surface area contributed by atoms with E-state index in [1.807, 2.05) is 73.2 Å². The van der Waals surface area contributed by atoms with Crippen molar-refractivity contribution in [3.8, 4) is 0 Å². The second-order valence-corrected chi connectivity index (χ2v) is 8.85. The zero-order valence-electron chi connectivity index (χ0n) is 15.8. The van der Waals surface area contributed by atoms with E-state index >= 15 is 0 Å². The summed E-state index contributed by atoms with van der Waals surface area (Å²) in [5.41, 5.74) is 2.05. The zero-order chi connectivity index (χ0) is 19.5. The first-order valence-corrected chi connectivity index (χ1v) is 11.2. The highest BCUT2D eigenvalue weighted by Gasteiger charge is 2.57. The Morgan fingerprint density at radius 1 is 0.852 bits per heavy atom. The van der Waals surface area contributed by atoms with Gasteiger partial charge >= 0.3 is 0 Å². The van der Waals surface area contributed by atoms with E-state index in [-0.39, 0.29) is 11.8 Å². The molecule has 2 aromatic rings. The molecule has 2 amide bonds. The number of hydrogen-bond acceptors (Lipinski definition) is 4. The summed E-state index contributed by atoms with van der Waals surface area (Å²) in [6.45, 7) is 0. The number of likely N-dealkylation sites (N-methyl/N-ethyl adjacent to an activating group) is 1. The Balaban J connectivity index is 1.94. The third-order valence-electron chi connectivity index (χ3n) is 5.13. The van der Waals surface area contributed by atoms with E-state index in [1.54, 1.807) is 11.9 Å². The van der Waals surface area contributed by atoms with Gasteiger partial charge in [-0.25, -0.2) is 0 Å². The second-order valence-electron chi connectivity index (χ2n) is 6.66. The predicted octanol–water partition coefficient (Wildman–Crippen LogP) is 3.18. The lowest BCUT2D eigenvalue weighted by atomic mass is 9.96. The first-order chi connectivity index (χ1) is 13.0. The maximum atomic E-state index is 13.5. The highest BCUT2D eigenvalue weighted by molar-refractivity contribution is 8.01. The minimum atomic E-state index is -0.983. The maximum absolute atomic E-state index is 13.5. The molecule has 0 spiro atoms. The summed E-state index contributed by atoms with van der Waals surface area (Å²) in [4.78, 5) is 26.5. The number of carbonyl (C=O) groups is 2. The van der Waals surface area contributed by atoms with Crippen LogP contribution in [0.15, 0.2) is 60.7 Å². The van der Waals surface area contributed by atoms with Crippen molar-refractivity contribution >= 4 is 35.3 Å². The molecule has 0 saturated carbocycles. The molecular formula is C21H24N2O2S2. The van der Waals surface area contributed by atoms with Crippen LogP contribution in [0.2, 0.25) is 0 Å². The normalized spacial score (nSPS) is 25.4. The van der Waals surface area contributed by atoms with E-state index in [9.17, 15) is 9.59 Å². The maximum Gasteiger partial charge on any atom is 0.260 e. The molecule has 0 radical (unpaired) electrons. The van der Waals surface area contributed by atoms with Gasteiger partial charge in [-0.15, -0.1) is 23.5 Å². The van der Waals surface area contributed by atoms with Crippen LogP contribution in [0.5, 0.6) is 0 Å². The third-order valence-corrected chi connectivity index (χ3v) is 7.53. The number of piperazine rings is 1. The van der Waals surface area contributed by atoms with Crippen molar-refractivity contribution in [2.45, 2.75) is 22.6 Å². The van der Waals surface area contributed by atoms with Gasteiger partial charge in [-0.1, -0.05) is 60.7 Å². The molecule has 1 N–H and O–H groups in total. The van der Waals surface area contributed by atoms with Gasteiger partial charge in [0.1, 0.15) is 0 Å². The quantitative estimate of drug-likeness (QED) is 0.809. The summed E-state index contributed by atoms with van der Waals surface area (Å²) < 4.78 is 0. The molecule has 0 bridgehead atoms. The Bertz CT molecular complexity index is 815. The van der Waals surface area contributed by atoms with Crippen LogP contribution in [0.3, 0.4) is 0 Å². The van der Waals surface area contributed by atoms with Gasteiger partial charge in [-0.05, 0) is 23.6 Å². The summed E-state index contributed by atoms with van der Waals surface area (Å²) in [5.74, 6) is -0.185. The van der Waals surface area contributed by atoms with Gasteiger partial charge in [0.2, 0.25) is 0 Å². The lowest BCUT2D eigenvalue weighted by Crippen LogP contribution is -2.73. The topological polar surface area (TPSA) is 49.4 Å². The standard InChI is InChI=1S/C21H24N2O2S2/c1-23-19(25)20(26-2,14-16-10-6-4-7-11-16)22-18(24)21(23,27-3)15-17-12-8-5-9-13-17/h4-13H,14-15H2,1-3H3,(H,22,24)/t20-,21-/m1/s1. The van der Waals surface area contributed by atoms with Crippen LogP contribution in [-0.2, 0) is 22.4 Å². The monoisotopic (exact) mass is 400 g/mol. The van der Waals surface area contributed by atoms with E-state index in [4.69, 9.17) is 0 Å². The lowest BCUT2D eigenvalue weighted by Gasteiger charge is -2.50. The third kappa shape index (κ3) is 3.60. The molecule has 6 heteroatoms. The fourth-order valence-corrected chi connectivity index (χ4v) is 5.23. The number of nitrogens with zero attached hydrogens (tertiary/aromatic N) is 1. The lowest BCUT2D eigenvalue weighted by molar-refractivity contribution is -0.151. The van der Waals surface area contributed by atoms with Crippen LogP contribution in [0.4, 0.5) is 0 Å². The van der Waals surface area contributed by atoms with Gasteiger partial charge < -0.3 is 10.2 Å². The zero-order valence-corrected chi connectivity index (χ0v) is 17.4. The highest BCUT2D eigenvalue weighted by atomic mass is 32.2. The van der Waals surface area contributed by atoms with Crippen LogP contribution in [0.25, 0.3) is 0 Å². The van der Waals surface area contributed by atoms with Gasteiger partial charge in [-0.3, -0.25) is 9.59 Å². The van der Waals surface area contributed by atoms with Crippen molar-refractivity contribution < 1.29 is 9.59 Å². The van der Waals surface area contributed by atoms with Gasteiger partial charge in [0, 0.05) is 19.9 Å². The molecule has 2 aromatic carbocycles. The SMILES string of the molecule is CS[C@@]1(Cc2ccccc2)NC(=O)[C@@](Cc2ccccc2)(SC)N(C)C1=O. The largest absolute Gasteiger partial charge is 0.330 e. The van der Waals surface area contributed by atoms with Crippen molar-refractivity contribution in [2.75, 3.05) is 19.6 Å². The Kier molecular flexibility index (Phi) is 5.86. The molecular weight excluding hydrogens is 376 g/mol. The van der Waals surface area contributed by atoms with E-state index < -0.39 is 9.74 Å². The highest BCUT2D eigenvalue weighted by Crippen LogP contribution is 2.40. The number of benzene rings is 2. The van der Waals surface area contributed by atoms with Crippen LogP contribution in [0.1, 0.15) is 11.1 Å². The van der Waals surface area contributed by atoms with Gasteiger partial charge in [0.15, 0.2) is 9.74 Å². The summed E-state index contributed by atoms with van der Waals surface area (Å²) in [7, 11) is 1.75. The first kappa shape index (κ1) is 19.8. The van der Waals surface area contributed by atoms with E-state index in [0.29, 0.717) is 12.8 Å². The van der Waals surface area contributed by atoms with Crippen molar-refractivity contribution in [2.24, 2.45) is 0 Å². The molecule has 27 heavy (non-hydrogen) atoms. The van der Waals surface area contributed by atoms with Crippen LogP contribution in [-0.4, -0.2) is 46.0 Å². The molecule has 1 aliphatic heterocycles. The second kappa shape index (κ2) is 7.98. The Hall–Kier alpha value is -1.92. The molecule has 1 saturated heterocycles. The molecule has 0 unspecified atom stereocenters. The molecule has 4 nitrogen and oxygen atoms in total. The Morgan fingerprint density at radius 3 is 1.85 bits per heavy atom. The Labute approximate surface area is 169 Å². The van der Waals surface area contributed by atoms with Crippen molar-refractivity contribution in [3.05, 3.63) is 71.8 Å². The predicted molar refractivity (Wildman–Crippen MR) is 114 cm³/mol. The first-order valence-electron chi connectivity index (χ1n) is 8.76. The number of hydrogen-bond donors (Lipinski definition) is 1. The van der Waals surface area contributed by atoms with Crippen LogP contribution in [0, 0.1) is 0 Å². The van der Waals surface area contributed by atoms with Gasteiger partial charge in [0.05, 0.1) is 0 Å². The fraction of sp³-hybridized carbons (Fsp3) is 0.333. The molecule has 1 fully saturated rings.